The van der Waals surface area contributed by atoms with Crippen molar-refractivity contribution in [2.24, 2.45) is 0 Å². The lowest BCUT2D eigenvalue weighted by Crippen LogP contribution is -2.63. The van der Waals surface area contributed by atoms with Gasteiger partial charge in [0.15, 0.2) is 0 Å². The van der Waals surface area contributed by atoms with E-state index in [2.05, 4.69) is 0 Å². The molecule has 2 aromatic carbocycles. The minimum absolute atomic E-state index is 0.0883. The number of rotatable bonds is 3. The quantitative estimate of drug-likeness (QED) is 0.745. The standard InChI is InChI=1S/C22H22ClF3N2O4/c1-31-18-4-2-3-17(19(18)23)20(29)27-9-10-28-13-21(30,32-12-16(28)11-27)14-5-7-15(8-6-14)22(24,25)26/h2-8,16,30H,9-13H2,1H3/t16-,21?/m0/s1. The molecule has 2 heterocycles. The number of piperazine rings is 1. The molecule has 10 heteroatoms. The summed E-state index contributed by atoms with van der Waals surface area (Å²) in [4.78, 5) is 16.7. The fourth-order valence-electron chi connectivity index (χ4n) is 4.10. The lowest BCUT2D eigenvalue weighted by molar-refractivity contribution is -0.265. The monoisotopic (exact) mass is 470 g/mol. The van der Waals surface area contributed by atoms with E-state index in [0.717, 1.165) is 12.1 Å². The normalized spacial score (nSPS) is 24.2. The number of hydrogen-bond donors (Lipinski definition) is 1. The second-order valence-corrected chi connectivity index (χ2v) is 8.25. The maximum atomic E-state index is 13.0. The molecular weight excluding hydrogens is 449 g/mol. The number of methoxy groups -OCH3 is 1. The molecule has 32 heavy (non-hydrogen) atoms. The van der Waals surface area contributed by atoms with Gasteiger partial charge in [-0.05, 0) is 24.3 Å². The summed E-state index contributed by atoms with van der Waals surface area (Å²) in [6.07, 6.45) is -4.45. The van der Waals surface area contributed by atoms with Crippen LogP contribution in [0.3, 0.4) is 0 Å². The summed E-state index contributed by atoms with van der Waals surface area (Å²) in [5.74, 6) is -1.53. The Balaban J connectivity index is 1.45. The third-order valence-corrected chi connectivity index (χ3v) is 6.29. The van der Waals surface area contributed by atoms with E-state index in [4.69, 9.17) is 21.1 Å². The molecule has 2 saturated heterocycles. The van der Waals surface area contributed by atoms with Crippen molar-refractivity contribution in [1.29, 1.82) is 0 Å². The second-order valence-electron chi connectivity index (χ2n) is 7.87. The zero-order chi connectivity index (χ0) is 23.1. The lowest BCUT2D eigenvalue weighted by Gasteiger charge is -2.48. The van der Waals surface area contributed by atoms with Crippen LogP contribution in [-0.2, 0) is 16.7 Å². The van der Waals surface area contributed by atoms with Gasteiger partial charge in [0.05, 0.1) is 42.5 Å². The predicted molar refractivity (Wildman–Crippen MR) is 111 cm³/mol. The van der Waals surface area contributed by atoms with Gasteiger partial charge in [-0.2, -0.15) is 13.2 Å². The number of carbonyl (C=O) groups is 1. The number of aliphatic hydroxyl groups is 1. The Bertz CT molecular complexity index is 1000. The summed E-state index contributed by atoms with van der Waals surface area (Å²) < 4.78 is 49.3. The largest absolute Gasteiger partial charge is 0.495 e. The van der Waals surface area contributed by atoms with E-state index in [0.29, 0.717) is 30.9 Å². The zero-order valence-electron chi connectivity index (χ0n) is 17.2. The fourth-order valence-corrected chi connectivity index (χ4v) is 4.38. The van der Waals surface area contributed by atoms with Crippen LogP contribution < -0.4 is 4.74 Å². The van der Waals surface area contributed by atoms with E-state index in [1.54, 1.807) is 23.1 Å². The molecule has 2 fully saturated rings. The van der Waals surface area contributed by atoms with Crippen molar-refractivity contribution >= 4 is 17.5 Å². The van der Waals surface area contributed by atoms with Crippen LogP contribution >= 0.6 is 11.6 Å². The minimum Gasteiger partial charge on any atom is -0.495 e. The van der Waals surface area contributed by atoms with Crippen molar-refractivity contribution in [1.82, 2.24) is 9.80 Å². The van der Waals surface area contributed by atoms with Crippen molar-refractivity contribution in [2.45, 2.75) is 18.0 Å². The molecule has 0 saturated carbocycles. The Hall–Kier alpha value is -2.33. The van der Waals surface area contributed by atoms with Gasteiger partial charge in [-0.25, -0.2) is 0 Å². The number of carbonyl (C=O) groups excluding carboxylic acids is 1. The molecule has 172 valence electrons. The molecule has 2 aromatic rings. The molecule has 1 amide bonds. The summed E-state index contributed by atoms with van der Waals surface area (Å²) in [5.41, 5.74) is -0.190. The molecule has 1 N–H and O–H groups in total. The zero-order valence-corrected chi connectivity index (χ0v) is 18.0. The van der Waals surface area contributed by atoms with Gasteiger partial charge in [0.25, 0.3) is 5.91 Å². The van der Waals surface area contributed by atoms with Crippen LogP contribution in [0, 0.1) is 0 Å². The average molecular weight is 471 g/mol. The van der Waals surface area contributed by atoms with Crippen molar-refractivity contribution in [3.8, 4) is 5.75 Å². The highest BCUT2D eigenvalue weighted by Crippen LogP contribution is 2.35. The number of halogens is 4. The number of ether oxygens (including phenoxy) is 2. The molecule has 1 unspecified atom stereocenters. The average Bonchev–Trinajstić information content (AvgIpc) is 2.78. The molecule has 4 rings (SSSR count). The Morgan fingerprint density at radius 1 is 1.22 bits per heavy atom. The first-order chi connectivity index (χ1) is 15.1. The second kappa shape index (κ2) is 8.55. The number of nitrogens with zero attached hydrogens (tertiary/aromatic N) is 2. The van der Waals surface area contributed by atoms with Crippen LogP contribution in [0.4, 0.5) is 13.2 Å². The molecular formula is C22H22ClF3N2O4. The summed E-state index contributed by atoms with van der Waals surface area (Å²) in [6, 6.07) is 9.17. The van der Waals surface area contributed by atoms with Gasteiger partial charge < -0.3 is 19.5 Å². The Kier molecular flexibility index (Phi) is 6.10. The summed E-state index contributed by atoms with van der Waals surface area (Å²) in [5, 5.41) is 11.2. The first-order valence-corrected chi connectivity index (χ1v) is 10.4. The molecule has 0 bridgehead atoms. The van der Waals surface area contributed by atoms with Crippen LogP contribution in [0.5, 0.6) is 5.75 Å². The molecule has 0 aromatic heterocycles. The summed E-state index contributed by atoms with van der Waals surface area (Å²) in [6.45, 7) is 1.46. The van der Waals surface area contributed by atoms with E-state index < -0.39 is 17.5 Å². The Morgan fingerprint density at radius 3 is 2.59 bits per heavy atom. The van der Waals surface area contributed by atoms with Gasteiger partial charge in [0.1, 0.15) is 5.75 Å². The fraction of sp³-hybridized carbons (Fsp3) is 0.409. The number of alkyl halides is 3. The highest BCUT2D eigenvalue weighted by atomic mass is 35.5. The molecule has 2 aliphatic heterocycles. The number of fused-ring (bicyclic) bond motifs is 1. The topological polar surface area (TPSA) is 62.2 Å². The highest BCUT2D eigenvalue weighted by molar-refractivity contribution is 6.35. The van der Waals surface area contributed by atoms with Crippen molar-refractivity contribution < 1.29 is 32.5 Å². The van der Waals surface area contributed by atoms with Gasteiger partial charge >= 0.3 is 6.18 Å². The summed E-state index contributed by atoms with van der Waals surface area (Å²) >= 11 is 6.29. The Morgan fingerprint density at radius 2 is 1.94 bits per heavy atom. The number of hydrogen-bond acceptors (Lipinski definition) is 5. The van der Waals surface area contributed by atoms with Crippen LogP contribution in [0.2, 0.25) is 5.02 Å². The van der Waals surface area contributed by atoms with Gasteiger partial charge in [-0.1, -0.05) is 29.8 Å². The minimum atomic E-state index is -4.45. The predicted octanol–water partition coefficient (Wildman–Crippen LogP) is 3.37. The maximum absolute atomic E-state index is 13.0. The maximum Gasteiger partial charge on any atom is 0.416 e. The van der Waals surface area contributed by atoms with Gasteiger partial charge in [0.2, 0.25) is 5.79 Å². The van der Waals surface area contributed by atoms with Crippen LogP contribution in [0.1, 0.15) is 21.5 Å². The highest BCUT2D eigenvalue weighted by Gasteiger charge is 2.44. The molecule has 0 aliphatic carbocycles. The first-order valence-electron chi connectivity index (χ1n) is 10.0. The number of benzene rings is 2. The third-order valence-electron chi connectivity index (χ3n) is 5.90. The molecule has 0 spiro atoms. The smallest absolute Gasteiger partial charge is 0.416 e. The third kappa shape index (κ3) is 4.30. The van der Waals surface area contributed by atoms with Gasteiger partial charge in [-0.3, -0.25) is 9.69 Å². The Labute approximate surface area is 188 Å². The van der Waals surface area contributed by atoms with Gasteiger partial charge in [0, 0.05) is 25.2 Å². The van der Waals surface area contributed by atoms with E-state index >= 15 is 0 Å². The van der Waals surface area contributed by atoms with E-state index in [-0.39, 0.29) is 35.7 Å². The lowest BCUT2D eigenvalue weighted by atomic mass is 9.99. The van der Waals surface area contributed by atoms with Crippen LogP contribution in [0.15, 0.2) is 42.5 Å². The van der Waals surface area contributed by atoms with Crippen molar-refractivity contribution in [2.75, 3.05) is 39.9 Å². The molecule has 2 aliphatic rings. The molecule has 6 nitrogen and oxygen atoms in total. The van der Waals surface area contributed by atoms with Crippen molar-refractivity contribution in [3.05, 3.63) is 64.2 Å². The van der Waals surface area contributed by atoms with Gasteiger partial charge in [-0.15, -0.1) is 0 Å². The number of amides is 1. The van der Waals surface area contributed by atoms with E-state index in [9.17, 15) is 23.1 Å². The summed E-state index contributed by atoms with van der Waals surface area (Å²) in [7, 11) is 1.48. The van der Waals surface area contributed by atoms with E-state index in [1.165, 1.54) is 19.2 Å². The molecule has 2 atom stereocenters. The van der Waals surface area contributed by atoms with Crippen LogP contribution in [-0.4, -0.2) is 66.8 Å². The van der Waals surface area contributed by atoms with E-state index in [1.807, 2.05) is 4.90 Å². The van der Waals surface area contributed by atoms with Crippen LogP contribution in [0.25, 0.3) is 0 Å². The SMILES string of the molecule is COc1cccc(C(=O)N2CCN3CC(O)(c4ccc(C(F)(F)F)cc4)OC[C@@H]3C2)c1Cl. The number of morpholine rings is 1. The first kappa shape index (κ1) is 22.8. The van der Waals surface area contributed by atoms with Crippen molar-refractivity contribution in [3.63, 3.8) is 0 Å². The molecule has 0 radical (unpaired) electrons.